The van der Waals surface area contributed by atoms with Gasteiger partial charge in [0.05, 0.1) is 12.8 Å². The predicted octanol–water partition coefficient (Wildman–Crippen LogP) is 1.58. The second kappa shape index (κ2) is 3.40. The second-order valence-corrected chi connectivity index (χ2v) is 2.93. The maximum Gasteiger partial charge on any atom is 0.159 e. The SMILES string of the molecule is Fc1ccc(C2CNCO2)cc1F. The van der Waals surface area contributed by atoms with Gasteiger partial charge in [0.1, 0.15) is 0 Å². The van der Waals surface area contributed by atoms with Crippen LogP contribution >= 0.6 is 0 Å². The summed E-state index contributed by atoms with van der Waals surface area (Å²) in [7, 11) is 0. The van der Waals surface area contributed by atoms with Gasteiger partial charge < -0.3 is 4.74 Å². The fourth-order valence-electron chi connectivity index (χ4n) is 1.34. The third kappa shape index (κ3) is 1.68. The molecule has 0 amide bonds. The van der Waals surface area contributed by atoms with Crippen molar-refractivity contribution in [1.82, 2.24) is 5.32 Å². The molecular formula is C9H9F2NO. The van der Waals surface area contributed by atoms with E-state index in [1.165, 1.54) is 12.1 Å². The Morgan fingerprint density at radius 3 is 2.77 bits per heavy atom. The average molecular weight is 185 g/mol. The number of benzene rings is 1. The summed E-state index contributed by atoms with van der Waals surface area (Å²) in [6.45, 7) is 1.11. The minimum absolute atomic E-state index is 0.157. The topological polar surface area (TPSA) is 21.3 Å². The number of nitrogens with one attached hydrogen (secondary N) is 1. The molecule has 0 aliphatic carbocycles. The van der Waals surface area contributed by atoms with E-state index in [2.05, 4.69) is 5.32 Å². The molecule has 0 saturated carbocycles. The molecule has 4 heteroatoms. The Morgan fingerprint density at radius 2 is 2.15 bits per heavy atom. The van der Waals surface area contributed by atoms with Gasteiger partial charge in [-0.1, -0.05) is 6.07 Å². The molecule has 1 saturated heterocycles. The molecule has 1 fully saturated rings. The summed E-state index contributed by atoms with van der Waals surface area (Å²) in [5.41, 5.74) is 0.670. The summed E-state index contributed by atoms with van der Waals surface area (Å²) >= 11 is 0. The fourth-order valence-corrected chi connectivity index (χ4v) is 1.34. The molecule has 13 heavy (non-hydrogen) atoms. The molecule has 1 aromatic rings. The maximum atomic E-state index is 12.8. The number of rotatable bonds is 1. The Kier molecular flexibility index (Phi) is 2.24. The third-order valence-electron chi connectivity index (χ3n) is 2.03. The number of hydrogen-bond acceptors (Lipinski definition) is 2. The summed E-state index contributed by atoms with van der Waals surface area (Å²) < 4.78 is 30.6. The van der Waals surface area contributed by atoms with Gasteiger partial charge in [-0.05, 0) is 17.7 Å². The molecule has 0 aromatic heterocycles. The lowest BCUT2D eigenvalue weighted by molar-refractivity contribution is 0.114. The van der Waals surface area contributed by atoms with Gasteiger partial charge >= 0.3 is 0 Å². The van der Waals surface area contributed by atoms with Crippen molar-refractivity contribution >= 4 is 0 Å². The van der Waals surface area contributed by atoms with Crippen molar-refractivity contribution in [2.45, 2.75) is 6.10 Å². The van der Waals surface area contributed by atoms with Crippen molar-refractivity contribution in [2.24, 2.45) is 0 Å². The summed E-state index contributed by atoms with van der Waals surface area (Å²) in [5, 5.41) is 2.97. The Labute approximate surface area is 74.5 Å². The first kappa shape index (κ1) is 8.59. The smallest absolute Gasteiger partial charge is 0.159 e. The van der Waals surface area contributed by atoms with E-state index in [-0.39, 0.29) is 6.10 Å². The molecule has 1 aromatic carbocycles. The molecular weight excluding hydrogens is 176 g/mol. The van der Waals surface area contributed by atoms with Crippen LogP contribution < -0.4 is 5.32 Å². The van der Waals surface area contributed by atoms with Crippen molar-refractivity contribution in [3.05, 3.63) is 35.4 Å². The van der Waals surface area contributed by atoms with E-state index in [0.29, 0.717) is 18.8 Å². The first-order valence-corrected chi connectivity index (χ1v) is 4.04. The summed E-state index contributed by atoms with van der Waals surface area (Å²) in [6, 6.07) is 3.83. The molecule has 2 rings (SSSR count). The maximum absolute atomic E-state index is 12.8. The number of hydrogen-bond donors (Lipinski definition) is 1. The highest BCUT2D eigenvalue weighted by molar-refractivity contribution is 5.20. The van der Waals surface area contributed by atoms with Gasteiger partial charge in [0, 0.05) is 6.54 Å². The first-order valence-electron chi connectivity index (χ1n) is 4.04. The normalized spacial score (nSPS) is 22.2. The lowest BCUT2D eigenvalue weighted by atomic mass is 10.1. The zero-order valence-electron chi connectivity index (χ0n) is 6.89. The minimum atomic E-state index is -0.826. The van der Waals surface area contributed by atoms with Crippen molar-refractivity contribution < 1.29 is 13.5 Å². The van der Waals surface area contributed by atoms with Crippen molar-refractivity contribution in [2.75, 3.05) is 13.3 Å². The van der Waals surface area contributed by atoms with Crippen LogP contribution in [0.4, 0.5) is 8.78 Å². The Bertz CT molecular complexity index is 310. The van der Waals surface area contributed by atoms with Crippen LogP contribution in [-0.4, -0.2) is 13.3 Å². The molecule has 0 spiro atoms. The average Bonchev–Trinajstić information content (AvgIpc) is 2.62. The fraction of sp³-hybridized carbons (Fsp3) is 0.333. The standard InChI is InChI=1S/C9H9F2NO/c10-7-2-1-6(3-8(7)11)9-4-12-5-13-9/h1-3,9,12H,4-5H2. The van der Waals surface area contributed by atoms with Gasteiger partial charge in [-0.2, -0.15) is 0 Å². The molecule has 1 aliphatic rings. The van der Waals surface area contributed by atoms with Crippen LogP contribution in [0.25, 0.3) is 0 Å². The highest BCUT2D eigenvalue weighted by Crippen LogP contribution is 2.21. The number of halogens is 2. The Hall–Kier alpha value is -1.00. The zero-order chi connectivity index (χ0) is 9.26. The van der Waals surface area contributed by atoms with Crippen LogP contribution in [-0.2, 0) is 4.74 Å². The van der Waals surface area contributed by atoms with Crippen LogP contribution in [0, 0.1) is 11.6 Å². The summed E-state index contributed by atoms with van der Waals surface area (Å²) in [4.78, 5) is 0. The van der Waals surface area contributed by atoms with Gasteiger partial charge in [-0.3, -0.25) is 5.32 Å². The monoisotopic (exact) mass is 185 g/mol. The molecule has 1 N–H and O–H groups in total. The van der Waals surface area contributed by atoms with E-state index in [1.807, 2.05) is 0 Å². The van der Waals surface area contributed by atoms with Gasteiger partial charge in [-0.25, -0.2) is 8.78 Å². The van der Waals surface area contributed by atoms with Crippen molar-refractivity contribution in [3.63, 3.8) is 0 Å². The summed E-state index contributed by atoms with van der Waals surface area (Å²) in [5.74, 6) is -1.65. The highest BCUT2D eigenvalue weighted by Gasteiger charge is 2.18. The Morgan fingerprint density at radius 1 is 1.31 bits per heavy atom. The van der Waals surface area contributed by atoms with Gasteiger partial charge in [0.25, 0.3) is 0 Å². The quantitative estimate of drug-likeness (QED) is 0.717. The van der Waals surface area contributed by atoms with Crippen molar-refractivity contribution in [1.29, 1.82) is 0 Å². The van der Waals surface area contributed by atoms with Gasteiger partial charge in [-0.15, -0.1) is 0 Å². The van der Waals surface area contributed by atoms with E-state index in [1.54, 1.807) is 0 Å². The molecule has 1 heterocycles. The number of ether oxygens (including phenoxy) is 1. The summed E-state index contributed by atoms with van der Waals surface area (Å²) in [6.07, 6.45) is -0.157. The van der Waals surface area contributed by atoms with Crippen LogP contribution in [0.2, 0.25) is 0 Å². The van der Waals surface area contributed by atoms with Crippen LogP contribution in [0.1, 0.15) is 11.7 Å². The van der Waals surface area contributed by atoms with E-state index in [0.717, 1.165) is 6.07 Å². The molecule has 0 bridgehead atoms. The molecule has 2 nitrogen and oxygen atoms in total. The first-order chi connectivity index (χ1) is 6.27. The lowest BCUT2D eigenvalue weighted by Crippen LogP contribution is -2.08. The zero-order valence-corrected chi connectivity index (χ0v) is 6.89. The van der Waals surface area contributed by atoms with Gasteiger partial charge in [0.15, 0.2) is 11.6 Å². The molecule has 1 atom stereocenters. The second-order valence-electron chi connectivity index (χ2n) is 2.93. The third-order valence-corrected chi connectivity index (χ3v) is 2.03. The Balaban J connectivity index is 2.25. The molecule has 0 radical (unpaired) electrons. The highest BCUT2D eigenvalue weighted by atomic mass is 19.2. The molecule has 1 aliphatic heterocycles. The lowest BCUT2D eigenvalue weighted by Gasteiger charge is -2.08. The van der Waals surface area contributed by atoms with E-state index in [9.17, 15) is 8.78 Å². The van der Waals surface area contributed by atoms with E-state index < -0.39 is 11.6 Å². The molecule has 1 unspecified atom stereocenters. The van der Waals surface area contributed by atoms with E-state index >= 15 is 0 Å². The van der Waals surface area contributed by atoms with E-state index in [4.69, 9.17) is 4.74 Å². The van der Waals surface area contributed by atoms with Crippen LogP contribution in [0.15, 0.2) is 18.2 Å². The van der Waals surface area contributed by atoms with Crippen LogP contribution in [0.3, 0.4) is 0 Å². The predicted molar refractivity (Wildman–Crippen MR) is 43.1 cm³/mol. The molecule has 70 valence electrons. The van der Waals surface area contributed by atoms with Crippen LogP contribution in [0.5, 0.6) is 0 Å². The van der Waals surface area contributed by atoms with Gasteiger partial charge in [0.2, 0.25) is 0 Å². The van der Waals surface area contributed by atoms with Crippen molar-refractivity contribution in [3.8, 4) is 0 Å². The largest absolute Gasteiger partial charge is 0.357 e. The minimum Gasteiger partial charge on any atom is -0.357 e.